The molecule has 2 aromatic carbocycles. The van der Waals surface area contributed by atoms with Gasteiger partial charge in [-0.1, -0.05) is 18.2 Å². The summed E-state index contributed by atoms with van der Waals surface area (Å²) >= 11 is 1.52. The molecule has 1 heterocycles. The second-order valence-electron chi connectivity index (χ2n) is 5.83. The standard InChI is InChI=1S/C19H17FN2O3S/c1-22-18(24)14-7-6-12(10-15(14)19(22)25)17(23)21-8-9-26-11-13-4-2-3-5-16(13)20/h2-7,10H,8-9,11H2,1H3,(H,21,23). The summed E-state index contributed by atoms with van der Waals surface area (Å²) in [5.74, 6) is -0.141. The SMILES string of the molecule is CN1C(=O)c2ccc(C(=O)NCCSCc3ccccc3F)cc2C1=O. The molecule has 2 aromatic rings. The van der Waals surface area contributed by atoms with E-state index in [0.717, 1.165) is 4.90 Å². The number of amides is 3. The van der Waals surface area contributed by atoms with Crippen LogP contribution in [0.25, 0.3) is 0 Å². The zero-order valence-corrected chi connectivity index (χ0v) is 14.9. The van der Waals surface area contributed by atoms with E-state index >= 15 is 0 Å². The van der Waals surface area contributed by atoms with Crippen molar-refractivity contribution in [1.82, 2.24) is 10.2 Å². The smallest absolute Gasteiger partial charge is 0.261 e. The van der Waals surface area contributed by atoms with Gasteiger partial charge in [-0.2, -0.15) is 11.8 Å². The summed E-state index contributed by atoms with van der Waals surface area (Å²) in [6, 6.07) is 11.1. The summed E-state index contributed by atoms with van der Waals surface area (Å²) in [5, 5.41) is 2.76. The van der Waals surface area contributed by atoms with E-state index in [2.05, 4.69) is 5.32 Å². The second kappa shape index (κ2) is 7.70. The number of nitrogens with one attached hydrogen (secondary N) is 1. The first kappa shape index (κ1) is 18.1. The van der Waals surface area contributed by atoms with Crippen LogP contribution < -0.4 is 5.32 Å². The van der Waals surface area contributed by atoms with E-state index in [9.17, 15) is 18.8 Å². The third-order valence-corrected chi connectivity index (χ3v) is 5.11. The minimum absolute atomic E-state index is 0.230. The number of hydrogen-bond donors (Lipinski definition) is 1. The Bertz CT molecular complexity index is 885. The van der Waals surface area contributed by atoms with Gasteiger partial charge in [-0.25, -0.2) is 4.39 Å². The summed E-state index contributed by atoms with van der Waals surface area (Å²) in [6.45, 7) is 0.418. The molecule has 0 atom stereocenters. The molecule has 1 N–H and O–H groups in total. The summed E-state index contributed by atoms with van der Waals surface area (Å²) in [4.78, 5) is 37.1. The monoisotopic (exact) mass is 372 g/mol. The molecule has 0 aliphatic carbocycles. The van der Waals surface area contributed by atoms with Gasteiger partial charge in [0.05, 0.1) is 11.1 Å². The van der Waals surface area contributed by atoms with Gasteiger partial charge in [-0.05, 0) is 29.8 Å². The molecule has 0 unspecified atom stereocenters. The molecule has 0 radical (unpaired) electrons. The Kier molecular flexibility index (Phi) is 5.37. The maximum absolute atomic E-state index is 13.5. The summed E-state index contributed by atoms with van der Waals surface area (Å²) in [5.41, 5.74) is 1.53. The Morgan fingerprint density at radius 2 is 1.85 bits per heavy atom. The molecule has 1 aliphatic heterocycles. The number of carbonyl (C=O) groups is 3. The summed E-state index contributed by atoms with van der Waals surface area (Å²) < 4.78 is 13.5. The zero-order valence-electron chi connectivity index (χ0n) is 14.1. The molecule has 26 heavy (non-hydrogen) atoms. The minimum atomic E-state index is -0.403. The number of fused-ring (bicyclic) bond motifs is 1. The minimum Gasteiger partial charge on any atom is -0.351 e. The fourth-order valence-corrected chi connectivity index (χ4v) is 3.48. The van der Waals surface area contributed by atoms with Crippen LogP contribution in [0.15, 0.2) is 42.5 Å². The number of halogens is 1. The van der Waals surface area contributed by atoms with Crippen molar-refractivity contribution < 1.29 is 18.8 Å². The molecule has 5 nitrogen and oxygen atoms in total. The number of rotatable bonds is 6. The van der Waals surface area contributed by atoms with E-state index in [1.807, 2.05) is 0 Å². The molecule has 1 aliphatic rings. The second-order valence-corrected chi connectivity index (χ2v) is 6.93. The van der Waals surface area contributed by atoms with E-state index in [1.54, 1.807) is 18.2 Å². The van der Waals surface area contributed by atoms with Gasteiger partial charge in [-0.15, -0.1) is 0 Å². The van der Waals surface area contributed by atoms with Crippen LogP contribution in [0.5, 0.6) is 0 Å². The van der Waals surface area contributed by atoms with Crippen molar-refractivity contribution in [2.24, 2.45) is 0 Å². The fourth-order valence-electron chi connectivity index (χ4n) is 2.64. The molecule has 3 amide bonds. The van der Waals surface area contributed by atoms with Gasteiger partial charge in [0.15, 0.2) is 0 Å². The predicted molar refractivity (Wildman–Crippen MR) is 97.8 cm³/mol. The Morgan fingerprint density at radius 1 is 1.12 bits per heavy atom. The van der Waals surface area contributed by atoms with E-state index < -0.39 is 5.91 Å². The van der Waals surface area contributed by atoms with Crippen LogP contribution in [0.1, 0.15) is 36.6 Å². The zero-order chi connectivity index (χ0) is 18.7. The van der Waals surface area contributed by atoms with Gasteiger partial charge in [0, 0.05) is 30.7 Å². The highest BCUT2D eigenvalue weighted by atomic mass is 32.2. The normalized spacial score (nSPS) is 13.1. The molecule has 0 fully saturated rings. The van der Waals surface area contributed by atoms with Gasteiger partial charge in [-0.3, -0.25) is 19.3 Å². The van der Waals surface area contributed by atoms with Crippen LogP contribution in [0.3, 0.4) is 0 Å². The van der Waals surface area contributed by atoms with Crippen molar-refractivity contribution in [3.05, 3.63) is 70.5 Å². The largest absolute Gasteiger partial charge is 0.351 e. The molecule has 0 aromatic heterocycles. The van der Waals surface area contributed by atoms with Gasteiger partial charge in [0.1, 0.15) is 5.82 Å². The van der Waals surface area contributed by atoms with Crippen molar-refractivity contribution in [1.29, 1.82) is 0 Å². The molecule has 134 valence electrons. The third-order valence-electron chi connectivity index (χ3n) is 4.10. The van der Waals surface area contributed by atoms with Gasteiger partial charge >= 0.3 is 0 Å². The molecular weight excluding hydrogens is 355 g/mol. The predicted octanol–water partition coefficient (Wildman–Crippen LogP) is 2.71. The molecule has 0 saturated heterocycles. The van der Waals surface area contributed by atoms with Gasteiger partial charge < -0.3 is 5.32 Å². The molecular formula is C19H17FN2O3S. The molecule has 3 rings (SSSR count). The first-order valence-corrected chi connectivity index (χ1v) is 9.20. The lowest BCUT2D eigenvalue weighted by molar-refractivity contribution is 0.0693. The first-order chi connectivity index (χ1) is 12.5. The quantitative estimate of drug-likeness (QED) is 0.625. The number of carbonyl (C=O) groups excluding carboxylic acids is 3. The van der Waals surface area contributed by atoms with Crippen molar-refractivity contribution in [2.45, 2.75) is 5.75 Å². The van der Waals surface area contributed by atoms with Gasteiger partial charge in [0.25, 0.3) is 17.7 Å². The average molecular weight is 372 g/mol. The number of imide groups is 1. The lowest BCUT2D eigenvalue weighted by atomic mass is 10.1. The Balaban J connectivity index is 1.51. The highest BCUT2D eigenvalue weighted by Gasteiger charge is 2.33. The summed E-state index contributed by atoms with van der Waals surface area (Å²) in [7, 11) is 1.41. The van der Waals surface area contributed by atoms with E-state index in [-0.39, 0.29) is 23.2 Å². The maximum atomic E-state index is 13.5. The fraction of sp³-hybridized carbons (Fsp3) is 0.211. The van der Waals surface area contributed by atoms with Crippen molar-refractivity contribution in [2.75, 3.05) is 19.3 Å². The van der Waals surface area contributed by atoms with Crippen molar-refractivity contribution >= 4 is 29.5 Å². The number of hydrogen-bond acceptors (Lipinski definition) is 4. The van der Waals surface area contributed by atoms with Crippen LogP contribution in [-0.2, 0) is 5.75 Å². The topological polar surface area (TPSA) is 66.5 Å². The Morgan fingerprint density at radius 3 is 2.62 bits per heavy atom. The lowest BCUT2D eigenvalue weighted by Crippen LogP contribution is -2.26. The van der Waals surface area contributed by atoms with E-state index in [1.165, 1.54) is 43.1 Å². The van der Waals surface area contributed by atoms with Crippen LogP contribution >= 0.6 is 11.8 Å². The Labute approximate surface area is 154 Å². The number of benzene rings is 2. The number of nitrogens with zero attached hydrogens (tertiary/aromatic N) is 1. The van der Waals surface area contributed by atoms with E-state index in [0.29, 0.717) is 34.7 Å². The van der Waals surface area contributed by atoms with Crippen LogP contribution in [0.4, 0.5) is 4.39 Å². The Hall–Kier alpha value is -2.67. The molecule has 7 heteroatoms. The van der Waals surface area contributed by atoms with Crippen LogP contribution in [-0.4, -0.2) is 42.0 Å². The average Bonchev–Trinajstić information content (AvgIpc) is 2.86. The lowest BCUT2D eigenvalue weighted by Gasteiger charge is -2.07. The molecule has 0 saturated carbocycles. The number of thioether (sulfide) groups is 1. The third kappa shape index (κ3) is 3.62. The maximum Gasteiger partial charge on any atom is 0.261 e. The van der Waals surface area contributed by atoms with Crippen molar-refractivity contribution in [3.63, 3.8) is 0 Å². The highest BCUT2D eigenvalue weighted by molar-refractivity contribution is 7.98. The molecule has 0 bridgehead atoms. The van der Waals surface area contributed by atoms with E-state index in [4.69, 9.17) is 0 Å². The summed E-state index contributed by atoms with van der Waals surface area (Å²) in [6.07, 6.45) is 0. The first-order valence-electron chi connectivity index (χ1n) is 8.05. The highest BCUT2D eigenvalue weighted by Crippen LogP contribution is 2.22. The van der Waals surface area contributed by atoms with Crippen molar-refractivity contribution in [3.8, 4) is 0 Å². The molecule has 0 spiro atoms. The van der Waals surface area contributed by atoms with Gasteiger partial charge in [0.2, 0.25) is 0 Å². The van der Waals surface area contributed by atoms with Crippen LogP contribution in [0, 0.1) is 5.82 Å². The van der Waals surface area contributed by atoms with Crippen LogP contribution in [0.2, 0.25) is 0 Å².